The monoisotopic (exact) mass is 485 g/mol. The number of hydrogen-bond acceptors (Lipinski definition) is 5. The smallest absolute Gasteiger partial charge is 0.272 e. The summed E-state index contributed by atoms with van der Waals surface area (Å²) in [5.41, 5.74) is 1.41. The lowest BCUT2D eigenvalue weighted by Crippen LogP contribution is -2.48. The van der Waals surface area contributed by atoms with Crippen LogP contribution in [0.4, 0.5) is 5.13 Å². The summed E-state index contributed by atoms with van der Waals surface area (Å²) in [5, 5.41) is 1.82. The van der Waals surface area contributed by atoms with E-state index >= 15 is 0 Å². The number of hydrogen-bond donors (Lipinski definition) is 0. The van der Waals surface area contributed by atoms with Crippen molar-refractivity contribution in [2.75, 3.05) is 4.90 Å². The number of aromatic nitrogens is 2. The summed E-state index contributed by atoms with van der Waals surface area (Å²) in [5.74, 6) is 0.333. The Hall–Kier alpha value is -2.67. The van der Waals surface area contributed by atoms with E-state index in [9.17, 15) is 4.79 Å². The largest absolute Gasteiger partial charge is 0.478 e. The molecule has 0 aliphatic heterocycles. The van der Waals surface area contributed by atoms with E-state index in [-0.39, 0.29) is 5.91 Å². The SMILES string of the molecule is Cc1c(Cl)ccc2sc(N(Cc3cccnc3)C(=O)C(C)(C)Oc3ccc(Cl)cc3)nc12. The Labute approximate surface area is 200 Å². The molecule has 0 radical (unpaired) electrons. The number of ether oxygens (including phenoxy) is 1. The molecule has 0 atom stereocenters. The molecule has 0 saturated carbocycles. The van der Waals surface area contributed by atoms with Gasteiger partial charge < -0.3 is 4.74 Å². The van der Waals surface area contributed by atoms with Crippen LogP contribution in [0.5, 0.6) is 5.75 Å². The highest BCUT2D eigenvalue weighted by atomic mass is 35.5. The molecule has 2 aromatic heterocycles. The molecule has 2 heterocycles. The van der Waals surface area contributed by atoms with Crippen molar-refractivity contribution in [1.82, 2.24) is 9.97 Å². The minimum atomic E-state index is -1.15. The van der Waals surface area contributed by atoms with Crippen LogP contribution in [0.2, 0.25) is 10.0 Å². The van der Waals surface area contributed by atoms with E-state index in [4.69, 9.17) is 32.9 Å². The molecule has 0 aliphatic carbocycles. The van der Waals surface area contributed by atoms with Crippen molar-refractivity contribution >= 4 is 55.8 Å². The maximum atomic E-state index is 13.8. The van der Waals surface area contributed by atoms with Gasteiger partial charge >= 0.3 is 0 Å². The summed E-state index contributed by atoms with van der Waals surface area (Å²) in [6.45, 7) is 5.73. The fourth-order valence-electron chi connectivity index (χ4n) is 3.27. The number of fused-ring (bicyclic) bond motifs is 1. The van der Waals surface area contributed by atoms with E-state index in [0.717, 1.165) is 21.3 Å². The van der Waals surface area contributed by atoms with Gasteiger partial charge in [0.25, 0.3) is 5.91 Å². The molecule has 2 aromatic carbocycles. The number of nitrogens with zero attached hydrogens (tertiary/aromatic N) is 3. The maximum absolute atomic E-state index is 13.8. The summed E-state index contributed by atoms with van der Waals surface area (Å²) in [7, 11) is 0. The third-order valence-electron chi connectivity index (χ3n) is 4.98. The topological polar surface area (TPSA) is 55.3 Å². The Kier molecular flexibility index (Phi) is 6.38. The standard InChI is InChI=1S/C24H21Cl2N3O2S/c1-15-19(26)10-11-20-21(15)28-23(32-20)29(14-16-5-4-12-27-13-16)22(30)24(2,3)31-18-8-6-17(25)7-9-18/h4-13H,14H2,1-3H3. The lowest BCUT2D eigenvalue weighted by atomic mass is 10.1. The first-order valence-corrected chi connectivity index (χ1v) is 11.5. The molecular formula is C24H21Cl2N3O2S. The van der Waals surface area contributed by atoms with Crippen LogP contribution in [0.1, 0.15) is 25.0 Å². The Bertz CT molecular complexity index is 1260. The van der Waals surface area contributed by atoms with Gasteiger partial charge in [0.05, 0.1) is 16.8 Å². The van der Waals surface area contributed by atoms with Crippen LogP contribution in [-0.2, 0) is 11.3 Å². The number of anilines is 1. The number of halogens is 2. The predicted molar refractivity (Wildman–Crippen MR) is 131 cm³/mol. The first-order valence-electron chi connectivity index (χ1n) is 9.96. The Morgan fingerprint density at radius 3 is 2.56 bits per heavy atom. The molecule has 1 amide bonds. The van der Waals surface area contributed by atoms with Gasteiger partial charge in [0.15, 0.2) is 10.7 Å². The summed E-state index contributed by atoms with van der Waals surface area (Å²) in [6, 6.07) is 14.5. The van der Waals surface area contributed by atoms with Crippen LogP contribution < -0.4 is 9.64 Å². The van der Waals surface area contributed by atoms with E-state index in [2.05, 4.69) is 4.98 Å². The second kappa shape index (κ2) is 9.06. The van der Waals surface area contributed by atoms with Crippen LogP contribution >= 0.6 is 34.5 Å². The highest BCUT2D eigenvalue weighted by Crippen LogP contribution is 2.35. The van der Waals surface area contributed by atoms with Gasteiger partial charge in [0.2, 0.25) is 0 Å². The lowest BCUT2D eigenvalue weighted by molar-refractivity contribution is -0.131. The number of benzene rings is 2. The molecule has 0 N–H and O–H groups in total. The fourth-order valence-corrected chi connectivity index (χ4v) is 4.57. The highest BCUT2D eigenvalue weighted by molar-refractivity contribution is 7.22. The second-order valence-electron chi connectivity index (χ2n) is 7.83. The lowest BCUT2D eigenvalue weighted by Gasteiger charge is -2.31. The van der Waals surface area contributed by atoms with Crippen molar-refractivity contribution < 1.29 is 9.53 Å². The molecule has 164 valence electrons. The number of rotatable bonds is 6. The fraction of sp³-hybridized carbons (Fsp3) is 0.208. The molecule has 0 fully saturated rings. The van der Waals surface area contributed by atoms with Gasteiger partial charge in [-0.15, -0.1) is 0 Å². The summed E-state index contributed by atoms with van der Waals surface area (Å²) in [6.07, 6.45) is 3.44. The van der Waals surface area contributed by atoms with Crippen LogP contribution in [0, 0.1) is 6.92 Å². The number of pyridine rings is 1. The van der Waals surface area contributed by atoms with Gasteiger partial charge in [-0.1, -0.05) is 40.6 Å². The third kappa shape index (κ3) is 4.72. The van der Waals surface area contributed by atoms with Gasteiger partial charge in [-0.05, 0) is 74.4 Å². The molecule has 0 bridgehead atoms. The van der Waals surface area contributed by atoms with Crippen molar-refractivity contribution in [3.8, 4) is 5.75 Å². The van der Waals surface area contributed by atoms with Gasteiger partial charge in [-0.25, -0.2) is 4.98 Å². The summed E-state index contributed by atoms with van der Waals surface area (Å²) in [4.78, 5) is 24.4. The number of aryl methyl sites for hydroxylation is 1. The van der Waals surface area contributed by atoms with Gasteiger partial charge in [-0.2, -0.15) is 0 Å². The van der Waals surface area contributed by atoms with Gasteiger partial charge in [0.1, 0.15) is 5.75 Å². The molecule has 0 unspecified atom stereocenters. The summed E-state index contributed by atoms with van der Waals surface area (Å²) >= 11 is 13.7. The summed E-state index contributed by atoms with van der Waals surface area (Å²) < 4.78 is 7.03. The third-order valence-corrected chi connectivity index (χ3v) is 6.68. The van der Waals surface area contributed by atoms with Crippen molar-refractivity contribution in [3.05, 3.63) is 82.1 Å². The van der Waals surface area contributed by atoms with Gasteiger partial charge in [-0.3, -0.25) is 14.7 Å². The van der Waals surface area contributed by atoms with E-state index in [1.54, 1.807) is 55.4 Å². The zero-order valence-electron chi connectivity index (χ0n) is 17.8. The van der Waals surface area contributed by atoms with Crippen LogP contribution in [0.15, 0.2) is 60.9 Å². The molecule has 4 rings (SSSR count). The van der Waals surface area contributed by atoms with Crippen LogP contribution in [-0.4, -0.2) is 21.5 Å². The average molecular weight is 486 g/mol. The minimum absolute atomic E-state index is 0.223. The van der Waals surface area contributed by atoms with E-state index in [1.165, 1.54) is 11.3 Å². The number of carbonyl (C=O) groups is 1. The molecule has 32 heavy (non-hydrogen) atoms. The van der Waals surface area contributed by atoms with Crippen molar-refractivity contribution in [3.63, 3.8) is 0 Å². The maximum Gasteiger partial charge on any atom is 0.272 e. The highest BCUT2D eigenvalue weighted by Gasteiger charge is 2.36. The first-order chi connectivity index (χ1) is 15.2. The molecule has 5 nitrogen and oxygen atoms in total. The molecule has 4 aromatic rings. The van der Waals surface area contributed by atoms with Crippen molar-refractivity contribution in [2.24, 2.45) is 0 Å². The van der Waals surface area contributed by atoms with E-state index < -0.39 is 5.60 Å². The average Bonchev–Trinajstić information content (AvgIpc) is 3.21. The van der Waals surface area contributed by atoms with Crippen molar-refractivity contribution in [2.45, 2.75) is 32.9 Å². The molecule has 0 saturated heterocycles. The Balaban J connectivity index is 1.72. The van der Waals surface area contributed by atoms with Crippen LogP contribution in [0.3, 0.4) is 0 Å². The zero-order chi connectivity index (χ0) is 22.9. The first kappa shape index (κ1) is 22.5. The Morgan fingerprint density at radius 2 is 1.88 bits per heavy atom. The normalized spacial score (nSPS) is 11.5. The molecule has 0 spiro atoms. The predicted octanol–water partition coefficient (Wildman–Crippen LogP) is 6.70. The zero-order valence-corrected chi connectivity index (χ0v) is 20.1. The van der Waals surface area contributed by atoms with Gasteiger partial charge in [0, 0.05) is 22.4 Å². The number of thiazole rings is 1. The van der Waals surface area contributed by atoms with E-state index in [0.29, 0.717) is 27.5 Å². The number of carbonyl (C=O) groups excluding carboxylic acids is 1. The van der Waals surface area contributed by atoms with Crippen LogP contribution in [0.25, 0.3) is 10.2 Å². The molecular weight excluding hydrogens is 465 g/mol. The Morgan fingerprint density at radius 1 is 1.12 bits per heavy atom. The quantitative estimate of drug-likeness (QED) is 0.305. The number of amides is 1. The van der Waals surface area contributed by atoms with Crippen molar-refractivity contribution in [1.29, 1.82) is 0 Å². The molecule has 8 heteroatoms. The van der Waals surface area contributed by atoms with E-state index in [1.807, 2.05) is 31.2 Å². The second-order valence-corrected chi connectivity index (χ2v) is 9.69. The minimum Gasteiger partial charge on any atom is -0.478 e. The molecule has 0 aliphatic rings.